The van der Waals surface area contributed by atoms with Crippen molar-refractivity contribution in [1.82, 2.24) is 10.2 Å². The number of hydrogen-bond donors (Lipinski definition) is 1. The summed E-state index contributed by atoms with van der Waals surface area (Å²) in [5, 5.41) is 3.59. The van der Waals surface area contributed by atoms with Gasteiger partial charge in [0.15, 0.2) is 0 Å². The van der Waals surface area contributed by atoms with E-state index in [0.717, 1.165) is 25.8 Å². The summed E-state index contributed by atoms with van der Waals surface area (Å²) in [6.07, 6.45) is 3.38. The molecule has 0 aromatic heterocycles. The van der Waals surface area contributed by atoms with Gasteiger partial charge in [0.25, 0.3) is 0 Å². The second-order valence-corrected chi connectivity index (χ2v) is 8.64. The van der Waals surface area contributed by atoms with Crippen molar-refractivity contribution in [2.75, 3.05) is 6.54 Å². The van der Waals surface area contributed by atoms with E-state index in [1.54, 1.807) is 0 Å². The van der Waals surface area contributed by atoms with Crippen molar-refractivity contribution in [1.29, 1.82) is 0 Å². The number of carbonyl (C=O) groups is 1. The third-order valence-electron chi connectivity index (χ3n) is 6.32. The van der Waals surface area contributed by atoms with Crippen LogP contribution in [0.5, 0.6) is 0 Å². The zero-order valence-electron chi connectivity index (χ0n) is 15.0. The molecule has 1 aliphatic carbocycles. The standard InChI is InChI=1S/C18H34N2O/c1-8-9-15-19-13(10-12(2)3)16(21)20(15)11-14-17(4,5)18(14,6)7/h12-15,19H,8-11H2,1-7H3. The fourth-order valence-electron chi connectivity index (χ4n) is 4.10. The molecule has 0 aromatic rings. The number of hydrogen-bond acceptors (Lipinski definition) is 2. The Balaban J connectivity index is 2.07. The first-order valence-corrected chi connectivity index (χ1v) is 8.69. The van der Waals surface area contributed by atoms with Gasteiger partial charge in [-0.25, -0.2) is 0 Å². The Morgan fingerprint density at radius 2 is 1.76 bits per heavy atom. The Morgan fingerprint density at radius 1 is 1.19 bits per heavy atom. The van der Waals surface area contributed by atoms with E-state index in [2.05, 4.69) is 58.7 Å². The van der Waals surface area contributed by atoms with Gasteiger partial charge in [0.2, 0.25) is 5.91 Å². The first-order valence-electron chi connectivity index (χ1n) is 8.69. The summed E-state index contributed by atoms with van der Waals surface area (Å²) in [4.78, 5) is 14.9. The van der Waals surface area contributed by atoms with Crippen LogP contribution in [0.4, 0.5) is 0 Å². The highest BCUT2D eigenvalue weighted by atomic mass is 16.2. The molecule has 1 saturated carbocycles. The van der Waals surface area contributed by atoms with Crippen LogP contribution >= 0.6 is 0 Å². The molecule has 3 heteroatoms. The molecule has 2 atom stereocenters. The number of carbonyl (C=O) groups excluding carboxylic acids is 1. The molecule has 1 aliphatic heterocycles. The monoisotopic (exact) mass is 294 g/mol. The predicted octanol–water partition coefficient (Wildman–Crippen LogP) is 3.64. The maximum Gasteiger partial charge on any atom is 0.241 e. The molecule has 21 heavy (non-hydrogen) atoms. The van der Waals surface area contributed by atoms with Crippen LogP contribution in [0.3, 0.4) is 0 Å². The molecule has 2 aliphatic rings. The van der Waals surface area contributed by atoms with Gasteiger partial charge < -0.3 is 4.90 Å². The highest BCUT2D eigenvalue weighted by molar-refractivity contribution is 5.84. The van der Waals surface area contributed by atoms with Gasteiger partial charge in [-0.3, -0.25) is 10.1 Å². The fraction of sp³-hybridized carbons (Fsp3) is 0.944. The highest BCUT2D eigenvalue weighted by Gasteiger charge is 2.65. The lowest BCUT2D eigenvalue weighted by Crippen LogP contribution is -2.39. The molecule has 1 amide bonds. The molecular weight excluding hydrogens is 260 g/mol. The van der Waals surface area contributed by atoms with Crippen LogP contribution in [0.15, 0.2) is 0 Å². The average molecular weight is 294 g/mol. The SMILES string of the molecule is CCCC1NC(CC(C)C)C(=O)N1CC1C(C)(C)C1(C)C. The molecule has 1 saturated heterocycles. The molecule has 1 N–H and O–H groups in total. The number of nitrogens with one attached hydrogen (secondary N) is 1. The lowest BCUT2D eigenvalue weighted by molar-refractivity contribution is -0.130. The maximum atomic E-state index is 12.8. The van der Waals surface area contributed by atoms with Gasteiger partial charge in [-0.2, -0.15) is 0 Å². The molecular formula is C18H34N2O. The normalized spacial score (nSPS) is 31.2. The maximum absolute atomic E-state index is 12.8. The summed E-state index contributed by atoms with van der Waals surface area (Å²) in [6, 6.07) is 0.0338. The molecule has 0 radical (unpaired) electrons. The minimum atomic E-state index is 0.0338. The van der Waals surface area contributed by atoms with Gasteiger partial charge in [0, 0.05) is 6.54 Å². The van der Waals surface area contributed by atoms with Gasteiger partial charge in [-0.1, -0.05) is 54.9 Å². The molecule has 0 aromatic carbocycles. The summed E-state index contributed by atoms with van der Waals surface area (Å²) in [5.74, 6) is 1.51. The number of nitrogens with zero attached hydrogens (tertiary/aromatic N) is 1. The third kappa shape index (κ3) is 2.86. The Hall–Kier alpha value is -0.570. The Kier molecular flexibility index (Phi) is 4.45. The van der Waals surface area contributed by atoms with Crippen molar-refractivity contribution < 1.29 is 4.79 Å². The summed E-state index contributed by atoms with van der Waals surface area (Å²) in [7, 11) is 0. The smallest absolute Gasteiger partial charge is 0.241 e. The topological polar surface area (TPSA) is 32.3 Å². The van der Waals surface area contributed by atoms with E-state index in [1.807, 2.05) is 0 Å². The first-order chi connectivity index (χ1) is 9.62. The summed E-state index contributed by atoms with van der Waals surface area (Å²) in [5.41, 5.74) is 0.695. The summed E-state index contributed by atoms with van der Waals surface area (Å²) < 4.78 is 0. The van der Waals surface area contributed by atoms with E-state index in [-0.39, 0.29) is 12.2 Å². The van der Waals surface area contributed by atoms with Gasteiger partial charge in [-0.05, 0) is 35.5 Å². The van der Waals surface area contributed by atoms with Crippen molar-refractivity contribution >= 4 is 5.91 Å². The van der Waals surface area contributed by atoms with E-state index >= 15 is 0 Å². The van der Waals surface area contributed by atoms with Crippen molar-refractivity contribution in [3.8, 4) is 0 Å². The third-order valence-corrected chi connectivity index (χ3v) is 6.32. The van der Waals surface area contributed by atoms with Crippen LogP contribution in [0.25, 0.3) is 0 Å². The minimum Gasteiger partial charge on any atom is -0.325 e. The molecule has 2 fully saturated rings. The zero-order valence-corrected chi connectivity index (χ0v) is 15.0. The molecule has 1 heterocycles. The quantitative estimate of drug-likeness (QED) is 0.811. The van der Waals surface area contributed by atoms with Crippen molar-refractivity contribution in [2.45, 2.75) is 79.9 Å². The van der Waals surface area contributed by atoms with Gasteiger partial charge in [0.05, 0.1) is 12.2 Å². The van der Waals surface area contributed by atoms with E-state index in [9.17, 15) is 4.79 Å². The minimum absolute atomic E-state index is 0.0338. The van der Waals surface area contributed by atoms with E-state index in [0.29, 0.717) is 28.6 Å². The van der Waals surface area contributed by atoms with E-state index in [1.165, 1.54) is 0 Å². The second-order valence-electron chi connectivity index (χ2n) is 8.64. The Morgan fingerprint density at radius 3 is 2.19 bits per heavy atom. The second kappa shape index (κ2) is 5.57. The van der Waals surface area contributed by atoms with Crippen LogP contribution < -0.4 is 5.32 Å². The van der Waals surface area contributed by atoms with Crippen LogP contribution in [0.2, 0.25) is 0 Å². The van der Waals surface area contributed by atoms with Crippen molar-refractivity contribution in [3.05, 3.63) is 0 Å². The highest BCUT2D eigenvalue weighted by Crippen LogP contribution is 2.68. The zero-order chi connectivity index (χ0) is 16.0. The van der Waals surface area contributed by atoms with Crippen LogP contribution in [-0.2, 0) is 4.79 Å². The predicted molar refractivity (Wildman–Crippen MR) is 87.8 cm³/mol. The van der Waals surface area contributed by atoms with Gasteiger partial charge in [-0.15, -0.1) is 0 Å². The molecule has 0 spiro atoms. The summed E-state index contributed by atoms with van der Waals surface area (Å²) >= 11 is 0. The van der Waals surface area contributed by atoms with Crippen molar-refractivity contribution in [2.24, 2.45) is 22.7 Å². The lowest BCUT2D eigenvalue weighted by Gasteiger charge is -2.25. The van der Waals surface area contributed by atoms with E-state index in [4.69, 9.17) is 0 Å². The lowest BCUT2D eigenvalue weighted by atomic mass is 10.0. The van der Waals surface area contributed by atoms with E-state index < -0.39 is 0 Å². The summed E-state index contributed by atoms with van der Waals surface area (Å²) in [6.45, 7) is 16.9. The molecule has 2 unspecified atom stereocenters. The molecule has 0 bridgehead atoms. The Bertz CT molecular complexity index is 386. The van der Waals surface area contributed by atoms with Gasteiger partial charge in [0.1, 0.15) is 0 Å². The number of rotatable bonds is 6. The molecule has 3 nitrogen and oxygen atoms in total. The Labute approximate surface area is 130 Å². The first kappa shape index (κ1) is 16.8. The van der Waals surface area contributed by atoms with Crippen molar-refractivity contribution in [3.63, 3.8) is 0 Å². The van der Waals surface area contributed by atoms with Crippen LogP contribution in [0.1, 0.15) is 67.7 Å². The van der Waals surface area contributed by atoms with Crippen LogP contribution in [0, 0.1) is 22.7 Å². The molecule has 122 valence electrons. The fourth-order valence-corrected chi connectivity index (χ4v) is 4.10. The molecule has 2 rings (SSSR count). The van der Waals surface area contributed by atoms with Crippen LogP contribution in [-0.4, -0.2) is 29.6 Å². The van der Waals surface area contributed by atoms with Gasteiger partial charge >= 0.3 is 0 Å². The largest absolute Gasteiger partial charge is 0.325 e. The number of amides is 1. The average Bonchev–Trinajstić information content (AvgIpc) is 2.60.